The van der Waals surface area contributed by atoms with Crippen molar-refractivity contribution in [1.82, 2.24) is 25.1 Å². The quantitative estimate of drug-likeness (QED) is 0.572. The fraction of sp³-hybridized carbons (Fsp3) is 0.143. The van der Waals surface area contributed by atoms with Gasteiger partial charge in [-0.3, -0.25) is 4.79 Å². The third-order valence-electron chi connectivity index (χ3n) is 4.52. The number of amides is 1. The molecule has 0 unspecified atom stereocenters. The van der Waals surface area contributed by atoms with E-state index >= 15 is 0 Å². The van der Waals surface area contributed by atoms with Gasteiger partial charge in [0.1, 0.15) is 11.6 Å². The average Bonchev–Trinajstić information content (AvgIpc) is 3.13. The number of aromatic nitrogens is 4. The predicted molar refractivity (Wildman–Crippen MR) is 109 cm³/mol. The summed E-state index contributed by atoms with van der Waals surface area (Å²) in [5, 5.41) is 11.3. The van der Waals surface area contributed by atoms with E-state index in [2.05, 4.69) is 25.7 Å². The average molecular weight is 372 g/mol. The summed E-state index contributed by atoms with van der Waals surface area (Å²) in [7, 11) is 1.62. The Labute approximate surface area is 162 Å². The molecule has 2 heterocycles. The zero-order valence-electron chi connectivity index (χ0n) is 15.9. The molecule has 140 valence electrons. The number of hydrogen-bond donors (Lipinski definition) is 2. The van der Waals surface area contributed by atoms with Crippen LogP contribution in [0.25, 0.3) is 16.7 Å². The molecule has 0 aliphatic rings. The van der Waals surface area contributed by atoms with Gasteiger partial charge in [-0.15, -0.1) is 0 Å². The lowest BCUT2D eigenvalue weighted by Crippen LogP contribution is -2.17. The van der Waals surface area contributed by atoms with Crippen LogP contribution >= 0.6 is 0 Å². The minimum absolute atomic E-state index is 0.135. The van der Waals surface area contributed by atoms with Crippen molar-refractivity contribution in [2.75, 3.05) is 12.4 Å². The van der Waals surface area contributed by atoms with Crippen LogP contribution in [0, 0.1) is 13.8 Å². The van der Waals surface area contributed by atoms with Crippen LogP contribution < -0.4 is 10.6 Å². The van der Waals surface area contributed by atoms with Gasteiger partial charge in [-0.1, -0.05) is 24.3 Å². The number of hydrogen-bond acceptors (Lipinski definition) is 5. The summed E-state index contributed by atoms with van der Waals surface area (Å²) in [5.41, 5.74) is 4.05. The van der Waals surface area contributed by atoms with Crippen molar-refractivity contribution in [1.29, 1.82) is 0 Å². The number of nitrogens with zero attached hydrogens (tertiary/aromatic N) is 4. The molecule has 1 amide bonds. The number of anilines is 2. The summed E-state index contributed by atoms with van der Waals surface area (Å²) in [6.45, 7) is 3.83. The van der Waals surface area contributed by atoms with Crippen molar-refractivity contribution in [3.63, 3.8) is 0 Å². The normalized spacial score (nSPS) is 10.8. The summed E-state index contributed by atoms with van der Waals surface area (Å²) in [4.78, 5) is 21.1. The van der Waals surface area contributed by atoms with Crippen molar-refractivity contribution in [2.45, 2.75) is 13.8 Å². The molecule has 0 atom stereocenters. The molecule has 0 aliphatic heterocycles. The number of carbonyl (C=O) groups is 1. The first kappa shape index (κ1) is 17.7. The van der Waals surface area contributed by atoms with Gasteiger partial charge in [-0.25, -0.2) is 14.6 Å². The third kappa shape index (κ3) is 3.18. The van der Waals surface area contributed by atoms with Gasteiger partial charge in [0.25, 0.3) is 5.91 Å². The lowest BCUT2D eigenvalue weighted by molar-refractivity contribution is 0.0963. The number of aryl methyl sites for hydroxylation is 2. The highest BCUT2D eigenvalue weighted by molar-refractivity contribution is 5.96. The molecular weight excluding hydrogens is 352 g/mol. The van der Waals surface area contributed by atoms with E-state index in [0.717, 1.165) is 28.0 Å². The zero-order valence-corrected chi connectivity index (χ0v) is 15.9. The molecule has 0 aliphatic carbocycles. The summed E-state index contributed by atoms with van der Waals surface area (Å²) in [5.74, 6) is 1.15. The minimum Gasteiger partial charge on any atom is -0.355 e. The predicted octanol–water partition coefficient (Wildman–Crippen LogP) is 3.54. The molecule has 0 spiro atoms. The van der Waals surface area contributed by atoms with Crippen LogP contribution in [0.1, 0.15) is 21.7 Å². The van der Waals surface area contributed by atoms with E-state index < -0.39 is 0 Å². The molecule has 0 saturated carbocycles. The lowest BCUT2D eigenvalue weighted by Gasteiger charge is -2.12. The van der Waals surface area contributed by atoms with Crippen molar-refractivity contribution in [3.05, 3.63) is 71.7 Å². The van der Waals surface area contributed by atoms with Gasteiger partial charge in [-0.05, 0) is 43.7 Å². The monoisotopic (exact) mass is 372 g/mol. The second-order valence-electron chi connectivity index (χ2n) is 6.48. The number of fused-ring (bicyclic) bond motifs is 1. The first-order valence-electron chi connectivity index (χ1n) is 8.94. The van der Waals surface area contributed by atoms with Gasteiger partial charge >= 0.3 is 0 Å². The Bertz CT molecular complexity index is 1170. The first-order chi connectivity index (χ1) is 13.6. The third-order valence-corrected chi connectivity index (χ3v) is 4.52. The van der Waals surface area contributed by atoms with Gasteiger partial charge in [-0.2, -0.15) is 5.10 Å². The molecule has 4 rings (SSSR count). The van der Waals surface area contributed by atoms with Crippen molar-refractivity contribution in [2.24, 2.45) is 0 Å². The van der Waals surface area contributed by atoms with Crippen LogP contribution in [0.3, 0.4) is 0 Å². The Kier molecular flexibility index (Phi) is 4.49. The number of para-hydroxylation sites is 1. The Hall–Kier alpha value is -3.74. The molecule has 28 heavy (non-hydrogen) atoms. The highest BCUT2D eigenvalue weighted by Gasteiger charge is 2.14. The SMILES string of the molecule is CNC(=O)c1ccc(C)c(Nc2nc(C)nc3c2cnn3-c2ccccc2)c1. The van der Waals surface area contributed by atoms with Crippen LogP contribution in [0.2, 0.25) is 0 Å². The zero-order chi connectivity index (χ0) is 19.7. The van der Waals surface area contributed by atoms with Crippen LogP contribution in [0.15, 0.2) is 54.7 Å². The van der Waals surface area contributed by atoms with Crippen LogP contribution in [-0.2, 0) is 0 Å². The molecule has 4 aromatic rings. The molecule has 7 heteroatoms. The van der Waals surface area contributed by atoms with Gasteiger partial charge in [0.05, 0.1) is 17.3 Å². The Morgan fingerprint density at radius 3 is 2.57 bits per heavy atom. The van der Waals surface area contributed by atoms with Crippen LogP contribution in [0.5, 0.6) is 0 Å². The molecule has 2 aromatic heterocycles. The fourth-order valence-electron chi connectivity index (χ4n) is 3.04. The molecule has 7 nitrogen and oxygen atoms in total. The highest BCUT2D eigenvalue weighted by Crippen LogP contribution is 2.27. The number of benzene rings is 2. The maximum absolute atomic E-state index is 12.0. The molecule has 2 N–H and O–H groups in total. The van der Waals surface area contributed by atoms with E-state index in [1.54, 1.807) is 24.0 Å². The molecule has 0 saturated heterocycles. The van der Waals surface area contributed by atoms with E-state index in [1.807, 2.05) is 56.3 Å². The topological polar surface area (TPSA) is 84.7 Å². The van der Waals surface area contributed by atoms with Crippen molar-refractivity contribution in [3.8, 4) is 5.69 Å². The summed E-state index contributed by atoms with van der Waals surface area (Å²) < 4.78 is 1.79. The van der Waals surface area contributed by atoms with E-state index in [1.165, 1.54) is 0 Å². The Morgan fingerprint density at radius 2 is 1.82 bits per heavy atom. The van der Waals surface area contributed by atoms with Gasteiger partial charge < -0.3 is 10.6 Å². The second-order valence-corrected chi connectivity index (χ2v) is 6.48. The molecular formula is C21H20N6O. The minimum atomic E-state index is -0.135. The molecule has 0 bridgehead atoms. The van der Waals surface area contributed by atoms with E-state index in [0.29, 0.717) is 17.2 Å². The lowest BCUT2D eigenvalue weighted by atomic mass is 10.1. The standard InChI is InChI=1S/C21H20N6O/c1-13-9-10-15(21(28)22-3)11-18(13)26-19-17-12-23-27(16-7-5-4-6-8-16)20(17)25-14(2)24-19/h4-12H,1-3H3,(H,22,28)(H,24,25,26). The van der Waals surface area contributed by atoms with E-state index in [9.17, 15) is 4.79 Å². The van der Waals surface area contributed by atoms with Gasteiger partial charge in [0.2, 0.25) is 0 Å². The largest absolute Gasteiger partial charge is 0.355 e. The maximum Gasteiger partial charge on any atom is 0.251 e. The number of rotatable bonds is 4. The highest BCUT2D eigenvalue weighted by atomic mass is 16.1. The van der Waals surface area contributed by atoms with E-state index in [-0.39, 0.29) is 5.91 Å². The molecule has 0 radical (unpaired) electrons. The van der Waals surface area contributed by atoms with Crippen molar-refractivity contribution >= 4 is 28.4 Å². The fourth-order valence-corrected chi connectivity index (χ4v) is 3.04. The maximum atomic E-state index is 12.0. The summed E-state index contributed by atoms with van der Waals surface area (Å²) >= 11 is 0. The Morgan fingerprint density at radius 1 is 1.04 bits per heavy atom. The smallest absolute Gasteiger partial charge is 0.251 e. The summed E-state index contributed by atoms with van der Waals surface area (Å²) in [6, 6.07) is 15.4. The van der Waals surface area contributed by atoms with Crippen molar-refractivity contribution < 1.29 is 4.79 Å². The van der Waals surface area contributed by atoms with E-state index in [4.69, 9.17) is 0 Å². The van der Waals surface area contributed by atoms with Crippen LogP contribution in [0.4, 0.5) is 11.5 Å². The molecule has 0 fully saturated rings. The van der Waals surface area contributed by atoms with Gasteiger partial charge in [0.15, 0.2) is 5.65 Å². The van der Waals surface area contributed by atoms with Crippen LogP contribution in [-0.4, -0.2) is 32.7 Å². The first-order valence-corrected chi connectivity index (χ1v) is 8.94. The molecule has 2 aromatic carbocycles. The number of carbonyl (C=O) groups excluding carboxylic acids is 1. The van der Waals surface area contributed by atoms with Gasteiger partial charge in [0, 0.05) is 18.3 Å². The number of nitrogens with one attached hydrogen (secondary N) is 2. The summed E-state index contributed by atoms with van der Waals surface area (Å²) in [6.07, 6.45) is 1.75. The Balaban J connectivity index is 1.80. The second kappa shape index (κ2) is 7.11.